The largest absolute Gasteiger partial charge is 1.00 e. The molecule has 3 aliphatic rings. The molecule has 0 unspecified atom stereocenters. The van der Waals surface area contributed by atoms with Crippen molar-refractivity contribution in [2.75, 3.05) is 58.6 Å². The first-order chi connectivity index (χ1) is 24.2. The Morgan fingerprint density at radius 1 is 0.764 bits per heavy atom. The second-order valence-electron chi connectivity index (χ2n) is 13.7. The summed E-state index contributed by atoms with van der Waals surface area (Å²) in [5.74, 6) is -1.87. The monoisotopic (exact) mass is 981 g/mol. The van der Waals surface area contributed by atoms with Gasteiger partial charge in [0, 0.05) is 51.3 Å². The van der Waals surface area contributed by atoms with E-state index in [1.54, 1.807) is 41.5 Å². The molecule has 0 aliphatic carbocycles. The van der Waals surface area contributed by atoms with E-state index in [2.05, 4.69) is 42.3 Å². The van der Waals surface area contributed by atoms with Gasteiger partial charge in [0.15, 0.2) is 0 Å². The number of carboxylic acids is 1. The molecule has 2 amide bonds. The standard InChI is InChI=1S/C12H21NO5.C11H19NO5.C7H13NO3.CH3I.CH2O3.ClH.2K.H/c1-12(2,3)18-11(16)13-6-8(7-14)5-9(13)10(15)17-4;1-11(2,3)17-10(16)12-5-7(6-13)4-8(12)9(14)15;1-11-7(10)6-2-5(4-9)3-8-6;1-2;2-1-4-3;;;;/h8-9,14H,5-7H2,1-4H3;7-8,13H,4-6H2,1-3H3,(H,14,15);5-6,8-9H,2-4H2,1H3;1H3;1,3H;1H;;;/q;;;;;;2*+1;-1/p-1/t8-,9-;7-,8-;5-,6-;;;;;;/m111....../s1. The van der Waals surface area contributed by atoms with Crippen molar-refractivity contribution in [3.8, 4) is 0 Å². The molecule has 314 valence electrons. The number of amides is 2. The maximum absolute atomic E-state index is 12.0. The van der Waals surface area contributed by atoms with Crippen molar-refractivity contribution < 1.29 is 182 Å². The number of nitrogens with one attached hydrogen (secondary N) is 1. The van der Waals surface area contributed by atoms with Gasteiger partial charge in [0.1, 0.15) is 29.3 Å². The average Bonchev–Trinajstić information content (AvgIpc) is 3.86. The molecule has 0 spiro atoms. The van der Waals surface area contributed by atoms with Gasteiger partial charge in [-0.3, -0.25) is 19.4 Å². The van der Waals surface area contributed by atoms with Gasteiger partial charge < -0.3 is 56.3 Å². The molecule has 0 bridgehead atoms. The number of carbonyl (C=O) groups excluding carboxylic acids is 5. The van der Waals surface area contributed by atoms with Crippen LogP contribution in [0.4, 0.5) is 9.59 Å². The van der Waals surface area contributed by atoms with Gasteiger partial charge in [-0.1, -0.05) is 22.6 Å². The quantitative estimate of drug-likeness (QED) is 0.0233. The van der Waals surface area contributed by atoms with E-state index in [4.69, 9.17) is 40.0 Å². The van der Waals surface area contributed by atoms with E-state index in [9.17, 15) is 24.0 Å². The molecule has 3 saturated heterocycles. The third kappa shape index (κ3) is 27.1. The van der Waals surface area contributed by atoms with Gasteiger partial charge >= 0.3 is 133 Å². The summed E-state index contributed by atoms with van der Waals surface area (Å²) in [7, 11) is 2.65. The van der Waals surface area contributed by atoms with E-state index in [0.29, 0.717) is 25.9 Å². The fourth-order valence-corrected chi connectivity index (χ4v) is 5.02. The number of aliphatic hydroxyl groups excluding tert-OH is 3. The maximum Gasteiger partial charge on any atom is 1.00 e. The minimum Gasteiger partial charge on any atom is -1.00 e. The Morgan fingerprint density at radius 2 is 1.13 bits per heavy atom. The van der Waals surface area contributed by atoms with E-state index in [-0.39, 0.29) is 186 Å². The van der Waals surface area contributed by atoms with Crippen molar-refractivity contribution in [1.29, 1.82) is 0 Å². The zero-order valence-electron chi connectivity index (χ0n) is 34.8. The summed E-state index contributed by atoms with van der Waals surface area (Å²) >= 11 is 2.15. The number of ether oxygens (including phenoxy) is 4. The summed E-state index contributed by atoms with van der Waals surface area (Å²) in [5.41, 5.74) is -1.27. The van der Waals surface area contributed by atoms with Crippen LogP contribution in [0.15, 0.2) is 0 Å². The van der Waals surface area contributed by atoms with Crippen LogP contribution >= 0.6 is 35.0 Å². The molecule has 6 atom stereocenters. The second kappa shape index (κ2) is 34.2. The van der Waals surface area contributed by atoms with Gasteiger partial charge in [-0.05, 0) is 71.7 Å². The van der Waals surface area contributed by atoms with Crippen molar-refractivity contribution >= 4 is 71.6 Å². The topological polar surface area (TPSA) is 271 Å². The predicted molar refractivity (Wildman–Crippen MR) is 198 cm³/mol. The molecule has 0 aromatic carbocycles. The van der Waals surface area contributed by atoms with Crippen LogP contribution in [-0.2, 0) is 43.0 Å². The van der Waals surface area contributed by atoms with Crippen LogP contribution < -0.4 is 113 Å². The fraction of sp³-hybridized carbons (Fsp3) is 0.812. The molecular formula is C32H59ClIK2N3O16. The summed E-state index contributed by atoms with van der Waals surface area (Å²) < 4.78 is 19.6. The van der Waals surface area contributed by atoms with E-state index in [1.165, 1.54) is 24.0 Å². The average molecular weight is 982 g/mol. The molecule has 23 heteroatoms. The zero-order chi connectivity index (χ0) is 40.8. The molecular weight excluding hydrogens is 923 g/mol. The summed E-state index contributed by atoms with van der Waals surface area (Å²) in [6.07, 6.45) is 0.172. The fourth-order valence-electron chi connectivity index (χ4n) is 5.02. The van der Waals surface area contributed by atoms with Crippen molar-refractivity contribution in [3.63, 3.8) is 0 Å². The molecule has 3 aliphatic heterocycles. The van der Waals surface area contributed by atoms with Gasteiger partial charge in [-0.15, -0.1) is 12.4 Å². The first kappa shape index (κ1) is 64.7. The van der Waals surface area contributed by atoms with Crippen molar-refractivity contribution in [2.24, 2.45) is 17.8 Å². The number of nitrogens with zero attached hydrogens (tertiary/aromatic N) is 2. The van der Waals surface area contributed by atoms with Crippen LogP contribution in [0.3, 0.4) is 0 Å². The van der Waals surface area contributed by atoms with Crippen LogP contribution in [0.25, 0.3) is 0 Å². The third-order valence-electron chi connectivity index (χ3n) is 7.31. The van der Waals surface area contributed by atoms with Crippen molar-refractivity contribution in [1.82, 2.24) is 15.1 Å². The number of carbonyl (C=O) groups is 6. The Balaban J connectivity index is -0.000000154. The number of likely N-dealkylation sites (tertiary alicyclic amines) is 2. The summed E-state index contributed by atoms with van der Waals surface area (Å²) in [5, 5.41) is 47.3. The number of hydrogen-bond acceptors (Lipinski definition) is 16. The number of alkyl halides is 1. The molecule has 3 fully saturated rings. The minimum atomic E-state index is -1.06. The Hall–Kier alpha value is 0.513. The van der Waals surface area contributed by atoms with Gasteiger partial charge in [-0.2, -0.15) is 0 Å². The summed E-state index contributed by atoms with van der Waals surface area (Å²) in [6.45, 7) is 11.5. The van der Waals surface area contributed by atoms with Crippen LogP contribution in [0.2, 0.25) is 0 Å². The molecule has 0 aromatic rings. The number of halogens is 2. The Kier molecular flexibility index (Phi) is 40.3. The molecule has 0 aromatic heterocycles. The number of esters is 2. The summed E-state index contributed by atoms with van der Waals surface area (Å²) in [6, 6.07) is -1.78. The van der Waals surface area contributed by atoms with Crippen LogP contribution in [0.5, 0.6) is 0 Å². The molecule has 55 heavy (non-hydrogen) atoms. The smallest absolute Gasteiger partial charge is 1.00 e. The summed E-state index contributed by atoms with van der Waals surface area (Å²) in [4.78, 5) is 73.0. The minimum absolute atomic E-state index is 0. The molecule has 0 radical (unpaired) electrons. The molecule has 0 saturated carbocycles. The first-order valence-electron chi connectivity index (χ1n) is 16.3. The number of carboxylic acid groups (broad SMARTS) is 1. The number of aliphatic hydroxyl groups is 3. The van der Waals surface area contributed by atoms with Gasteiger partial charge in [0.25, 0.3) is 6.47 Å². The van der Waals surface area contributed by atoms with Gasteiger partial charge in [-0.25, -0.2) is 19.2 Å². The van der Waals surface area contributed by atoms with Crippen molar-refractivity contribution in [3.05, 3.63) is 0 Å². The number of aliphatic carboxylic acids is 1. The Labute approximate surface area is 429 Å². The molecule has 3 rings (SSSR count). The third-order valence-corrected chi connectivity index (χ3v) is 7.31. The Morgan fingerprint density at radius 3 is 1.42 bits per heavy atom. The van der Waals surface area contributed by atoms with Gasteiger partial charge in [0.2, 0.25) is 0 Å². The maximum atomic E-state index is 12.0. The number of methoxy groups -OCH3 is 2. The SMILES string of the molecule is CC(C)(C)OC(=O)N1C[C@H](CO)C[C@@H]1C(=O)O.CI.COC(=O)[C@H]1C[C@@H](CO)CN1.COC(=O)[C@H]1C[C@@H](CO)CN1C(=O)OC(C)(C)C.Cl.O=CO[O-].[H-].[K+].[K+]. The van der Waals surface area contributed by atoms with E-state index in [1.807, 2.05) is 4.93 Å². The molecule has 5 N–H and O–H groups in total. The van der Waals surface area contributed by atoms with E-state index >= 15 is 0 Å². The molecule has 19 nitrogen and oxygen atoms in total. The number of rotatable bonds is 7. The van der Waals surface area contributed by atoms with Crippen LogP contribution in [0, 0.1) is 17.8 Å². The van der Waals surface area contributed by atoms with Crippen molar-refractivity contribution in [2.45, 2.75) is 90.1 Å². The second-order valence-corrected chi connectivity index (χ2v) is 13.7. The predicted octanol–water partition coefficient (Wildman–Crippen LogP) is -5.38. The van der Waals surface area contributed by atoms with Crippen LogP contribution in [0.1, 0.15) is 62.2 Å². The van der Waals surface area contributed by atoms with Crippen LogP contribution in [-0.4, -0.2) is 155 Å². The van der Waals surface area contributed by atoms with E-state index in [0.717, 1.165) is 0 Å². The number of hydrogen-bond donors (Lipinski definition) is 5. The van der Waals surface area contributed by atoms with Gasteiger partial charge in [0.05, 0.1) is 14.2 Å². The molecule has 3 heterocycles. The first-order valence-corrected chi connectivity index (χ1v) is 18.4. The van der Waals surface area contributed by atoms with E-state index < -0.39 is 47.4 Å². The zero-order valence-corrected chi connectivity index (χ0v) is 43.0. The normalized spacial score (nSPS) is 22.1. The Bertz CT molecular complexity index is 1130.